The van der Waals surface area contributed by atoms with Crippen LogP contribution in [-0.4, -0.2) is 79.6 Å². The Morgan fingerprint density at radius 3 is 2.40 bits per heavy atom. The molecule has 0 bridgehead atoms. The number of nitrogens with two attached hydrogens (primary N) is 1. The van der Waals surface area contributed by atoms with Crippen LogP contribution in [0.15, 0.2) is 0 Å². The third kappa shape index (κ3) is 3.35. The summed E-state index contributed by atoms with van der Waals surface area (Å²) >= 11 is 0. The summed E-state index contributed by atoms with van der Waals surface area (Å²) in [6, 6.07) is 0. The molecule has 1 saturated carbocycles. The molecule has 3 fully saturated rings. The van der Waals surface area contributed by atoms with Gasteiger partial charge in [-0.15, -0.1) is 0 Å². The molecule has 0 aromatic heterocycles. The highest BCUT2D eigenvalue weighted by Gasteiger charge is 2.38. The zero-order valence-corrected chi connectivity index (χ0v) is 13.2. The Bertz CT molecular complexity index is 310. The van der Waals surface area contributed by atoms with Gasteiger partial charge >= 0.3 is 0 Å². The second kappa shape index (κ2) is 6.30. The van der Waals surface area contributed by atoms with Crippen LogP contribution in [-0.2, 0) is 0 Å². The van der Waals surface area contributed by atoms with Crippen molar-refractivity contribution in [3.63, 3.8) is 0 Å². The number of piperazine rings is 1. The van der Waals surface area contributed by atoms with Crippen LogP contribution in [0.25, 0.3) is 0 Å². The Labute approximate surface area is 124 Å². The summed E-state index contributed by atoms with van der Waals surface area (Å²) in [6.07, 6.45) is 6.79. The molecular weight excluding hydrogens is 248 g/mol. The molecule has 3 aliphatic rings. The molecular formula is C16H32N4. The highest BCUT2D eigenvalue weighted by Crippen LogP contribution is 2.32. The van der Waals surface area contributed by atoms with Crippen LogP contribution in [0.2, 0.25) is 0 Å². The van der Waals surface area contributed by atoms with Crippen molar-refractivity contribution in [3.8, 4) is 0 Å². The van der Waals surface area contributed by atoms with Crippen LogP contribution in [0.1, 0.15) is 32.1 Å². The molecule has 0 spiro atoms. The molecule has 1 aliphatic carbocycles. The Morgan fingerprint density at radius 2 is 1.75 bits per heavy atom. The third-order valence-electron chi connectivity index (χ3n) is 5.78. The highest BCUT2D eigenvalue weighted by atomic mass is 15.3. The standard InChI is InChI=1S/C16H32N4/c1-18-7-2-5-16(14-17,6-8-18)20-11-9-19(10-12-20)13-15-3-4-15/h15H,2-14,17H2,1H3. The van der Waals surface area contributed by atoms with E-state index in [1.807, 2.05) is 0 Å². The molecule has 0 aromatic carbocycles. The molecule has 20 heavy (non-hydrogen) atoms. The molecule has 1 unspecified atom stereocenters. The predicted molar refractivity (Wildman–Crippen MR) is 83.9 cm³/mol. The van der Waals surface area contributed by atoms with E-state index in [2.05, 4.69) is 21.7 Å². The van der Waals surface area contributed by atoms with E-state index < -0.39 is 0 Å². The minimum Gasteiger partial charge on any atom is -0.329 e. The van der Waals surface area contributed by atoms with Gasteiger partial charge in [0.2, 0.25) is 0 Å². The van der Waals surface area contributed by atoms with E-state index in [0.29, 0.717) is 0 Å². The number of likely N-dealkylation sites (tertiary alicyclic amines) is 1. The summed E-state index contributed by atoms with van der Waals surface area (Å²) < 4.78 is 0. The molecule has 0 aromatic rings. The van der Waals surface area contributed by atoms with Gasteiger partial charge in [-0.25, -0.2) is 0 Å². The van der Waals surface area contributed by atoms with Gasteiger partial charge in [0.1, 0.15) is 0 Å². The van der Waals surface area contributed by atoms with Gasteiger partial charge in [0.15, 0.2) is 0 Å². The first-order chi connectivity index (χ1) is 9.72. The lowest BCUT2D eigenvalue weighted by Gasteiger charge is -2.47. The number of nitrogens with zero attached hydrogens (tertiary/aromatic N) is 3. The van der Waals surface area contributed by atoms with Crippen LogP contribution in [0.4, 0.5) is 0 Å². The van der Waals surface area contributed by atoms with Crippen LogP contribution in [0.5, 0.6) is 0 Å². The van der Waals surface area contributed by atoms with Crippen LogP contribution in [0, 0.1) is 5.92 Å². The van der Waals surface area contributed by atoms with Crippen molar-refractivity contribution in [2.45, 2.75) is 37.6 Å². The average Bonchev–Trinajstić information content (AvgIpc) is 3.28. The van der Waals surface area contributed by atoms with Crippen molar-refractivity contribution >= 4 is 0 Å². The predicted octanol–water partition coefficient (Wildman–Crippen LogP) is 0.827. The summed E-state index contributed by atoms with van der Waals surface area (Å²) in [5, 5.41) is 0. The lowest BCUT2D eigenvalue weighted by molar-refractivity contribution is 0.0256. The fourth-order valence-corrected chi connectivity index (χ4v) is 4.03. The fourth-order valence-electron chi connectivity index (χ4n) is 4.03. The molecule has 0 amide bonds. The molecule has 2 heterocycles. The van der Waals surface area contributed by atoms with Gasteiger partial charge in [0, 0.05) is 44.8 Å². The van der Waals surface area contributed by atoms with E-state index in [0.717, 1.165) is 12.5 Å². The zero-order valence-electron chi connectivity index (χ0n) is 13.2. The quantitative estimate of drug-likeness (QED) is 0.827. The summed E-state index contributed by atoms with van der Waals surface area (Å²) in [5.41, 5.74) is 6.52. The molecule has 2 aliphatic heterocycles. The lowest BCUT2D eigenvalue weighted by atomic mass is 9.87. The maximum atomic E-state index is 6.24. The molecule has 4 nitrogen and oxygen atoms in total. The monoisotopic (exact) mass is 280 g/mol. The van der Waals surface area contributed by atoms with Crippen molar-refractivity contribution in [3.05, 3.63) is 0 Å². The maximum absolute atomic E-state index is 6.24. The summed E-state index contributed by atoms with van der Waals surface area (Å²) in [4.78, 5) is 7.89. The first-order valence-corrected chi connectivity index (χ1v) is 8.58. The molecule has 2 saturated heterocycles. The highest BCUT2D eigenvalue weighted by molar-refractivity contribution is 4.96. The Morgan fingerprint density at radius 1 is 1.00 bits per heavy atom. The molecule has 4 heteroatoms. The van der Waals surface area contributed by atoms with E-state index in [9.17, 15) is 0 Å². The summed E-state index contributed by atoms with van der Waals surface area (Å²) in [6.45, 7) is 9.61. The van der Waals surface area contributed by atoms with E-state index in [-0.39, 0.29) is 5.54 Å². The van der Waals surface area contributed by atoms with Crippen molar-refractivity contribution in [1.82, 2.24) is 14.7 Å². The minimum atomic E-state index is 0.288. The Hall–Kier alpha value is -0.160. The van der Waals surface area contributed by atoms with Crippen molar-refractivity contribution in [1.29, 1.82) is 0 Å². The molecule has 0 radical (unpaired) electrons. The van der Waals surface area contributed by atoms with E-state index in [1.54, 1.807) is 0 Å². The topological polar surface area (TPSA) is 35.7 Å². The molecule has 3 rings (SSSR count). The van der Waals surface area contributed by atoms with Gasteiger partial charge < -0.3 is 15.5 Å². The van der Waals surface area contributed by atoms with E-state index in [4.69, 9.17) is 5.73 Å². The van der Waals surface area contributed by atoms with E-state index in [1.165, 1.54) is 77.9 Å². The van der Waals surface area contributed by atoms with Crippen molar-refractivity contribution in [2.75, 3.05) is 59.4 Å². The first kappa shape index (κ1) is 14.8. The molecule has 1 atom stereocenters. The van der Waals surface area contributed by atoms with Gasteiger partial charge in [0.05, 0.1) is 0 Å². The largest absolute Gasteiger partial charge is 0.329 e. The summed E-state index contributed by atoms with van der Waals surface area (Å²) in [5.74, 6) is 1.02. The molecule has 2 N–H and O–H groups in total. The van der Waals surface area contributed by atoms with Gasteiger partial charge in [-0.1, -0.05) is 0 Å². The number of hydrogen-bond donors (Lipinski definition) is 1. The van der Waals surface area contributed by atoms with Gasteiger partial charge in [-0.3, -0.25) is 4.90 Å². The zero-order chi connectivity index (χ0) is 14.0. The van der Waals surface area contributed by atoms with Crippen molar-refractivity contribution < 1.29 is 0 Å². The van der Waals surface area contributed by atoms with Crippen LogP contribution in [0.3, 0.4) is 0 Å². The summed E-state index contributed by atoms with van der Waals surface area (Å²) in [7, 11) is 2.25. The lowest BCUT2D eigenvalue weighted by Crippen LogP contribution is -2.60. The van der Waals surface area contributed by atoms with E-state index >= 15 is 0 Å². The van der Waals surface area contributed by atoms with Crippen LogP contribution >= 0.6 is 0 Å². The van der Waals surface area contributed by atoms with Gasteiger partial charge in [-0.05, 0) is 58.2 Å². The Kier molecular flexibility index (Phi) is 4.65. The number of rotatable bonds is 4. The first-order valence-electron chi connectivity index (χ1n) is 8.58. The third-order valence-corrected chi connectivity index (χ3v) is 5.78. The smallest absolute Gasteiger partial charge is 0.0345 e. The Balaban J connectivity index is 1.56. The minimum absolute atomic E-state index is 0.288. The normalized spacial score (nSPS) is 35.1. The SMILES string of the molecule is CN1CCCC(CN)(N2CCN(CC3CC3)CC2)CC1. The number of hydrogen-bond acceptors (Lipinski definition) is 4. The van der Waals surface area contributed by atoms with Crippen LogP contribution < -0.4 is 5.73 Å². The molecule has 116 valence electrons. The maximum Gasteiger partial charge on any atom is 0.0345 e. The van der Waals surface area contributed by atoms with Gasteiger partial charge in [-0.2, -0.15) is 0 Å². The second-order valence-corrected chi connectivity index (χ2v) is 7.32. The fraction of sp³-hybridized carbons (Fsp3) is 1.00. The second-order valence-electron chi connectivity index (χ2n) is 7.32. The van der Waals surface area contributed by atoms with Gasteiger partial charge in [0.25, 0.3) is 0 Å². The van der Waals surface area contributed by atoms with Crippen molar-refractivity contribution in [2.24, 2.45) is 11.7 Å². The average molecular weight is 280 g/mol.